The predicted octanol–water partition coefficient (Wildman–Crippen LogP) is 2.74. The number of anilines is 1. The van der Waals surface area contributed by atoms with Crippen LogP contribution in [0.25, 0.3) is 11.3 Å². The molecule has 1 aromatic carbocycles. The Morgan fingerprint density at radius 2 is 2.03 bits per heavy atom. The van der Waals surface area contributed by atoms with Gasteiger partial charge in [0.05, 0.1) is 25.5 Å². The highest BCUT2D eigenvalue weighted by molar-refractivity contribution is 5.60. The zero-order valence-electron chi connectivity index (χ0n) is 17.1. The number of methoxy groups -OCH3 is 1. The molecule has 2 aromatic heterocycles. The molecule has 0 saturated carbocycles. The second-order valence-corrected chi connectivity index (χ2v) is 7.69. The summed E-state index contributed by atoms with van der Waals surface area (Å²) in [6.45, 7) is 1.27. The maximum atomic E-state index is 12.8. The van der Waals surface area contributed by atoms with Gasteiger partial charge in [-0.3, -0.25) is 14.3 Å². The third-order valence-corrected chi connectivity index (χ3v) is 6.11. The monoisotopic (exact) mass is 404 g/mol. The van der Waals surface area contributed by atoms with Crippen LogP contribution in [-0.2, 0) is 18.2 Å². The van der Waals surface area contributed by atoms with Gasteiger partial charge in [0.25, 0.3) is 5.56 Å². The van der Waals surface area contributed by atoms with Crippen LogP contribution in [-0.4, -0.2) is 40.8 Å². The Balaban J connectivity index is 1.57. The molecule has 154 valence electrons. The first kappa shape index (κ1) is 18.8. The van der Waals surface area contributed by atoms with E-state index < -0.39 is 0 Å². The molecule has 1 aliphatic heterocycles. The Bertz CT molecular complexity index is 1130. The van der Waals surface area contributed by atoms with Gasteiger partial charge >= 0.3 is 0 Å². The van der Waals surface area contributed by atoms with Gasteiger partial charge in [-0.2, -0.15) is 0 Å². The minimum absolute atomic E-state index is 0.0703. The highest BCUT2D eigenvalue weighted by Crippen LogP contribution is 2.42. The smallest absolute Gasteiger partial charge is 0.255 e. The summed E-state index contributed by atoms with van der Waals surface area (Å²) in [4.78, 5) is 23.9. The maximum Gasteiger partial charge on any atom is 0.255 e. The highest BCUT2D eigenvalue weighted by Gasteiger charge is 2.39. The van der Waals surface area contributed by atoms with E-state index in [0.717, 1.165) is 24.2 Å². The van der Waals surface area contributed by atoms with Crippen LogP contribution in [0, 0.1) is 0 Å². The molecule has 0 unspecified atom stereocenters. The van der Waals surface area contributed by atoms with E-state index in [1.807, 2.05) is 24.3 Å². The van der Waals surface area contributed by atoms with Gasteiger partial charge in [0.1, 0.15) is 11.9 Å². The van der Waals surface area contributed by atoms with Crippen LogP contribution in [0.5, 0.6) is 5.75 Å². The van der Waals surface area contributed by atoms with Crippen molar-refractivity contribution in [3.8, 4) is 17.0 Å². The molecule has 30 heavy (non-hydrogen) atoms. The number of rotatable bonds is 3. The van der Waals surface area contributed by atoms with E-state index in [0.29, 0.717) is 24.8 Å². The average molecular weight is 404 g/mol. The fourth-order valence-corrected chi connectivity index (χ4v) is 4.63. The first-order valence-electron chi connectivity index (χ1n) is 10.2. The first-order valence-corrected chi connectivity index (χ1v) is 10.2. The van der Waals surface area contributed by atoms with Crippen LogP contribution in [0.3, 0.4) is 0 Å². The van der Waals surface area contributed by atoms with E-state index >= 15 is 0 Å². The normalized spacial score (nSPS) is 20.4. The molecule has 0 spiro atoms. The Morgan fingerprint density at radius 1 is 1.20 bits per heavy atom. The molecule has 0 radical (unpaired) electrons. The fraction of sp³-hybridized carbons (Fsp3) is 0.348. The zero-order chi connectivity index (χ0) is 20.7. The van der Waals surface area contributed by atoms with E-state index in [1.54, 1.807) is 37.2 Å². The van der Waals surface area contributed by atoms with Crippen molar-refractivity contribution < 1.29 is 9.47 Å². The van der Waals surface area contributed by atoms with Crippen LogP contribution in [0.15, 0.2) is 53.6 Å². The standard InChI is InChI=1S/C23H24N4O3/c1-26-21(28)14-18(15-8-10-24-11-9-15)25-23(26)27-12-13-30-22-17-4-3-5-20(29-2)16(17)6-7-19(22)27/h3-5,8-11,14,19,22H,6-7,12-13H2,1-2H3/t19-,22-/m0/s1. The van der Waals surface area contributed by atoms with E-state index in [-0.39, 0.29) is 17.7 Å². The summed E-state index contributed by atoms with van der Waals surface area (Å²) in [5.41, 5.74) is 3.86. The molecule has 0 bridgehead atoms. The lowest BCUT2D eigenvalue weighted by molar-refractivity contribution is 0.00148. The average Bonchev–Trinajstić information content (AvgIpc) is 2.80. The van der Waals surface area contributed by atoms with Crippen LogP contribution in [0.1, 0.15) is 23.7 Å². The molecule has 0 N–H and O–H groups in total. The summed E-state index contributed by atoms with van der Waals surface area (Å²) in [6, 6.07) is 11.6. The fourth-order valence-electron chi connectivity index (χ4n) is 4.63. The number of nitrogens with zero attached hydrogens (tertiary/aromatic N) is 4. The SMILES string of the molecule is COc1cccc2c1CC[C@H]1[C@H]2OCCN1c1nc(-c2ccncc2)cc(=O)n1C. The number of hydrogen-bond donors (Lipinski definition) is 0. The topological polar surface area (TPSA) is 69.5 Å². The minimum Gasteiger partial charge on any atom is -0.496 e. The van der Waals surface area contributed by atoms with E-state index in [1.165, 1.54) is 11.1 Å². The van der Waals surface area contributed by atoms with Crippen LogP contribution in [0.4, 0.5) is 5.95 Å². The Kier molecular flexibility index (Phi) is 4.75. The molecular formula is C23H24N4O3. The van der Waals surface area contributed by atoms with Gasteiger partial charge in [-0.1, -0.05) is 12.1 Å². The van der Waals surface area contributed by atoms with Crippen LogP contribution >= 0.6 is 0 Å². The van der Waals surface area contributed by atoms with Crippen LogP contribution in [0.2, 0.25) is 0 Å². The second kappa shape index (κ2) is 7.57. The summed E-state index contributed by atoms with van der Waals surface area (Å²) in [6.07, 6.45) is 5.17. The minimum atomic E-state index is -0.0762. The lowest BCUT2D eigenvalue weighted by atomic mass is 9.83. The van der Waals surface area contributed by atoms with Crippen molar-refractivity contribution in [1.82, 2.24) is 14.5 Å². The summed E-state index contributed by atoms with van der Waals surface area (Å²) < 4.78 is 13.4. The number of pyridine rings is 1. The number of hydrogen-bond acceptors (Lipinski definition) is 6. The number of morpholine rings is 1. The van der Waals surface area contributed by atoms with Crippen molar-refractivity contribution in [2.24, 2.45) is 7.05 Å². The number of ether oxygens (including phenoxy) is 2. The van der Waals surface area contributed by atoms with Crippen molar-refractivity contribution in [3.05, 3.63) is 70.3 Å². The molecule has 7 heteroatoms. The van der Waals surface area contributed by atoms with Gasteiger partial charge < -0.3 is 14.4 Å². The van der Waals surface area contributed by atoms with Gasteiger partial charge in [-0.05, 0) is 36.6 Å². The molecule has 0 amide bonds. The van der Waals surface area contributed by atoms with Gasteiger partial charge in [-0.15, -0.1) is 0 Å². The van der Waals surface area contributed by atoms with Crippen molar-refractivity contribution in [3.63, 3.8) is 0 Å². The number of aromatic nitrogens is 3. The molecule has 2 atom stereocenters. The lowest BCUT2D eigenvalue weighted by Crippen LogP contribution is -2.51. The second-order valence-electron chi connectivity index (χ2n) is 7.69. The first-order chi connectivity index (χ1) is 14.7. The third kappa shape index (κ3) is 3.06. The van der Waals surface area contributed by atoms with E-state index in [2.05, 4.69) is 16.0 Å². The molecule has 3 heterocycles. The molecule has 1 fully saturated rings. The predicted molar refractivity (Wildman–Crippen MR) is 114 cm³/mol. The van der Waals surface area contributed by atoms with Gasteiger partial charge in [0.2, 0.25) is 5.95 Å². The Hall–Kier alpha value is -3.19. The Morgan fingerprint density at radius 3 is 2.83 bits per heavy atom. The number of benzene rings is 1. The highest BCUT2D eigenvalue weighted by atomic mass is 16.5. The van der Waals surface area contributed by atoms with E-state index in [4.69, 9.17) is 14.5 Å². The van der Waals surface area contributed by atoms with Crippen LogP contribution < -0.4 is 15.2 Å². The molecular weight excluding hydrogens is 380 g/mol. The van der Waals surface area contributed by atoms with Gasteiger partial charge in [0, 0.05) is 43.2 Å². The summed E-state index contributed by atoms with van der Waals surface area (Å²) >= 11 is 0. The summed E-state index contributed by atoms with van der Waals surface area (Å²) in [5, 5.41) is 0. The van der Waals surface area contributed by atoms with Gasteiger partial charge in [-0.25, -0.2) is 4.98 Å². The molecule has 2 aliphatic rings. The maximum absolute atomic E-state index is 12.8. The lowest BCUT2D eigenvalue weighted by Gasteiger charge is -2.45. The van der Waals surface area contributed by atoms with Gasteiger partial charge in [0.15, 0.2) is 0 Å². The quantitative estimate of drug-likeness (QED) is 0.669. The van der Waals surface area contributed by atoms with Crippen molar-refractivity contribution in [2.45, 2.75) is 25.0 Å². The van der Waals surface area contributed by atoms with E-state index in [9.17, 15) is 4.79 Å². The summed E-state index contributed by atoms with van der Waals surface area (Å²) in [7, 11) is 3.49. The van der Waals surface area contributed by atoms with Crippen molar-refractivity contribution in [1.29, 1.82) is 0 Å². The molecule has 3 aromatic rings. The summed E-state index contributed by atoms with van der Waals surface area (Å²) in [5.74, 6) is 1.59. The molecule has 1 aliphatic carbocycles. The largest absolute Gasteiger partial charge is 0.496 e. The Labute approximate surface area is 174 Å². The zero-order valence-corrected chi connectivity index (χ0v) is 17.1. The molecule has 7 nitrogen and oxygen atoms in total. The van der Waals surface area contributed by atoms with Crippen molar-refractivity contribution >= 4 is 5.95 Å². The molecule has 5 rings (SSSR count). The molecule has 1 saturated heterocycles. The van der Waals surface area contributed by atoms with Crippen molar-refractivity contribution in [2.75, 3.05) is 25.2 Å². The number of fused-ring (bicyclic) bond motifs is 3. The third-order valence-electron chi connectivity index (χ3n) is 6.11.